The van der Waals surface area contributed by atoms with Crippen LogP contribution in [0.25, 0.3) is 0 Å². The van der Waals surface area contributed by atoms with Crippen molar-refractivity contribution >= 4 is 11.6 Å². The van der Waals surface area contributed by atoms with Crippen molar-refractivity contribution in [2.24, 2.45) is 0 Å². The summed E-state index contributed by atoms with van der Waals surface area (Å²) >= 11 is 5.80. The number of rotatable bonds is 3. The van der Waals surface area contributed by atoms with Crippen LogP contribution in [-0.2, 0) is 4.74 Å². The molecule has 0 bridgehead atoms. The van der Waals surface area contributed by atoms with Gasteiger partial charge in [-0.2, -0.15) is 0 Å². The van der Waals surface area contributed by atoms with Crippen LogP contribution in [0, 0.1) is 0 Å². The van der Waals surface area contributed by atoms with Gasteiger partial charge in [0.2, 0.25) is 0 Å². The third kappa shape index (κ3) is 3.05. The van der Waals surface area contributed by atoms with Gasteiger partial charge in [0.05, 0.1) is 5.03 Å². The molecule has 1 fully saturated rings. The molecule has 0 aromatic carbocycles. The van der Waals surface area contributed by atoms with Gasteiger partial charge in [-0.1, -0.05) is 11.6 Å². The molecule has 1 heterocycles. The highest BCUT2D eigenvalue weighted by Gasteiger charge is 2.27. The molecule has 0 amide bonds. The van der Waals surface area contributed by atoms with Crippen molar-refractivity contribution in [2.45, 2.75) is 38.3 Å². The zero-order valence-corrected chi connectivity index (χ0v) is 11.7. The summed E-state index contributed by atoms with van der Waals surface area (Å²) in [5.41, 5.74) is 0.939. The first-order valence-corrected chi connectivity index (χ1v) is 6.80. The Labute approximate surface area is 113 Å². The van der Waals surface area contributed by atoms with Crippen LogP contribution >= 0.6 is 11.6 Å². The molecule has 0 aromatic rings. The van der Waals surface area contributed by atoms with Gasteiger partial charge in [-0.3, -0.25) is 5.01 Å². The van der Waals surface area contributed by atoms with E-state index in [4.69, 9.17) is 16.3 Å². The molecule has 18 heavy (non-hydrogen) atoms. The molecule has 102 valence electrons. The Morgan fingerprint density at radius 1 is 1.33 bits per heavy atom. The van der Waals surface area contributed by atoms with E-state index < -0.39 is 0 Å². The van der Waals surface area contributed by atoms with Crippen LogP contribution in [0.5, 0.6) is 0 Å². The zero-order chi connectivity index (χ0) is 13.1. The first-order valence-electron chi connectivity index (χ1n) is 6.42. The maximum Gasteiger partial charge on any atom is 0.144 e. The van der Waals surface area contributed by atoms with E-state index in [0.717, 1.165) is 38.0 Å². The minimum atomic E-state index is -0.319. The maximum absolute atomic E-state index is 13.6. The van der Waals surface area contributed by atoms with Gasteiger partial charge in [-0.15, -0.1) is 0 Å². The number of nitrogens with zero attached hydrogens (tertiary/aromatic N) is 2. The van der Waals surface area contributed by atoms with Gasteiger partial charge in [0, 0.05) is 26.4 Å². The average molecular weight is 275 g/mol. The van der Waals surface area contributed by atoms with E-state index in [9.17, 15) is 4.39 Å². The lowest BCUT2D eigenvalue weighted by atomic mass is 10.1. The number of hydrazine groups is 1. The number of hydrogen-bond donors (Lipinski definition) is 0. The van der Waals surface area contributed by atoms with Gasteiger partial charge in [-0.25, -0.2) is 9.40 Å². The fourth-order valence-corrected chi connectivity index (χ4v) is 2.60. The Balaban J connectivity index is 2.17. The number of allylic oxidation sites excluding steroid dienone is 4. The van der Waals surface area contributed by atoms with Gasteiger partial charge in [0.25, 0.3) is 0 Å². The monoisotopic (exact) mass is 274 g/mol. The first-order chi connectivity index (χ1) is 8.59. The van der Waals surface area contributed by atoms with Crippen molar-refractivity contribution in [1.82, 2.24) is 10.0 Å². The van der Waals surface area contributed by atoms with Crippen molar-refractivity contribution in [3.05, 3.63) is 22.6 Å². The van der Waals surface area contributed by atoms with Crippen molar-refractivity contribution < 1.29 is 9.13 Å². The van der Waals surface area contributed by atoms with Crippen LogP contribution in [0.1, 0.15) is 32.1 Å². The minimum absolute atomic E-state index is 0.0182. The van der Waals surface area contributed by atoms with Gasteiger partial charge < -0.3 is 4.74 Å². The second-order valence-corrected chi connectivity index (χ2v) is 5.36. The summed E-state index contributed by atoms with van der Waals surface area (Å²) in [6.45, 7) is 0.779. The highest BCUT2D eigenvalue weighted by Crippen LogP contribution is 2.32. The first kappa shape index (κ1) is 13.8. The van der Waals surface area contributed by atoms with Crippen LogP contribution in [0.4, 0.5) is 4.39 Å². The van der Waals surface area contributed by atoms with Crippen LogP contribution in [0.15, 0.2) is 22.6 Å². The highest BCUT2D eigenvalue weighted by molar-refractivity contribution is 6.30. The average Bonchev–Trinajstić information content (AvgIpc) is 2.35. The zero-order valence-electron chi connectivity index (χ0n) is 11.0. The number of hydrogen-bond acceptors (Lipinski definition) is 3. The van der Waals surface area contributed by atoms with Crippen LogP contribution < -0.4 is 0 Å². The second kappa shape index (κ2) is 6.04. The predicted molar refractivity (Wildman–Crippen MR) is 70.4 cm³/mol. The van der Waals surface area contributed by atoms with E-state index in [1.54, 1.807) is 0 Å². The largest absolute Gasteiger partial charge is 0.357 e. The van der Waals surface area contributed by atoms with Gasteiger partial charge in [0.1, 0.15) is 12.1 Å². The summed E-state index contributed by atoms with van der Waals surface area (Å²) < 4.78 is 19.4. The summed E-state index contributed by atoms with van der Waals surface area (Å²) in [7, 11) is 3.91. The van der Waals surface area contributed by atoms with Crippen LogP contribution in [0.3, 0.4) is 0 Å². The fourth-order valence-electron chi connectivity index (χ4n) is 2.45. The standard InChI is InChI=1S/C13H20ClFN2O/c1-16(2)17(13-5-3-4-8-18-13)10-6-7-11(14)12(15)9-10/h9,13H,3-8H2,1-2H3. The van der Waals surface area contributed by atoms with E-state index in [1.807, 2.05) is 24.1 Å². The van der Waals surface area contributed by atoms with Crippen molar-refractivity contribution in [1.29, 1.82) is 0 Å². The Hall–Kier alpha value is -0.580. The summed E-state index contributed by atoms with van der Waals surface area (Å²) in [6, 6.07) is 0. The molecule has 0 spiro atoms. The molecular formula is C13H20ClFN2O. The molecule has 2 aliphatic rings. The van der Waals surface area contributed by atoms with Gasteiger partial charge in [-0.05, 0) is 38.2 Å². The molecule has 1 aliphatic heterocycles. The van der Waals surface area contributed by atoms with Crippen LogP contribution in [0.2, 0.25) is 0 Å². The molecule has 1 atom stereocenters. The Morgan fingerprint density at radius 2 is 2.11 bits per heavy atom. The molecule has 5 heteroatoms. The molecular weight excluding hydrogens is 255 g/mol. The van der Waals surface area contributed by atoms with E-state index in [-0.39, 0.29) is 12.1 Å². The Bertz CT molecular complexity index is 362. The quantitative estimate of drug-likeness (QED) is 0.734. The lowest BCUT2D eigenvalue weighted by Gasteiger charge is -2.41. The van der Waals surface area contributed by atoms with E-state index in [1.165, 1.54) is 6.08 Å². The van der Waals surface area contributed by atoms with Crippen molar-refractivity contribution in [2.75, 3.05) is 20.7 Å². The van der Waals surface area contributed by atoms with E-state index >= 15 is 0 Å². The molecule has 0 aromatic heterocycles. The summed E-state index contributed by atoms with van der Waals surface area (Å²) in [5.74, 6) is -0.319. The highest BCUT2D eigenvalue weighted by atomic mass is 35.5. The predicted octanol–water partition coefficient (Wildman–Crippen LogP) is 3.39. The molecule has 1 unspecified atom stereocenters. The summed E-state index contributed by atoms with van der Waals surface area (Å²) in [4.78, 5) is 0. The van der Waals surface area contributed by atoms with E-state index in [2.05, 4.69) is 0 Å². The van der Waals surface area contributed by atoms with Gasteiger partial charge >= 0.3 is 0 Å². The smallest absolute Gasteiger partial charge is 0.144 e. The maximum atomic E-state index is 13.6. The molecule has 2 rings (SSSR count). The van der Waals surface area contributed by atoms with Crippen LogP contribution in [-0.4, -0.2) is 36.9 Å². The molecule has 1 aliphatic carbocycles. The molecule has 0 saturated carbocycles. The topological polar surface area (TPSA) is 15.7 Å². The SMILES string of the molecule is CN(C)N(C1=CC(F)=C(Cl)CC1)C1CCCCO1. The Kier molecular flexibility index (Phi) is 4.65. The summed E-state index contributed by atoms with van der Waals surface area (Å²) in [6.07, 6.45) is 6.11. The Morgan fingerprint density at radius 3 is 2.67 bits per heavy atom. The number of ether oxygens (including phenoxy) is 1. The lowest BCUT2D eigenvalue weighted by molar-refractivity contribution is -0.145. The molecule has 0 N–H and O–H groups in total. The van der Waals surface area contributed by atoms with E-state index in [0.29, 0.717) is 11.5 Å². The summed E-state index contributed by atoms with van der Waals surface area (Å²) in [5, 5.41) is 4.33. The minimum Gasteiger partial charge on any atom is -0.357 e. The third-order valence-electron chi connectivity index (χ3n) is 3.31. The third-order valence-corrected chi connectivity index (χ3v) is 3.68. The van der Waals surface area contributed by atoms with Crippen molar-refractivity contribution in [3.8, 4) is 0 Å². The normalized spacial score (nSPS) is 25.4. The van der Waals surface area contributed by atoms with Gasteiger partial charge in [0.15, 0.2) is 0 Å². The second-order valence-electron chi connectivity index (χ2n) is 4.90. The van der Waals surface area contributed by atoms with Crippen molar-refractivity contribution in [3.63, 3.8) is 0 Å². The fraction of sp³-hybridized carbons (Fsp3) is 0.692. The molecule has 0 radical (unpaired) electrons. The molecule has 3 nitrogen and oxygen atoms in total. The number of halogens is 2. The lowest BCUT2D eigenvalue weighted by Crippen LogP contribution is -2.47. The molecule has 1 saturated heterocycles.